The SMILES string of the molecule is COc1cc(OC)c(C(N)c2cc(Br)c(C)s2)cc1OC. The Morgan fingerprint density at radius 3 is 2.05 bits per heavy atom. The first kappa shape index (κ1) is 16.1. The lowest BCUT2D eigenvalue weighted by Gasteiger charge is -2.17. The van der Waals surface area contributed by atoms with Gasteiger partial charge in [-0.1, -0.05) is 0 Å². The maximum atomic E-state index is 6.40. The van der Waals surface area contributed by atoms with E-state index in [0.29, 0.717) is 17.2 Å². The van der Waals surface area contributed by atoms with Gasteiger partial charge in [-0.3, -0.25) is 0 Å². The molecule has 4 nitrogen and oxygen atoms in total. The molecule has 1 atom stereocenters. The van der Waals surface area contributed by atoms with Crippen LogP contribution >= 0.6 is 27.3 Å². The van der Waals surface area contributed by atoms with E-state index in [4.69, 9.17) is 19.9 Å². The van der Waals surface area contributed by atoms with Crippen molar-refractivity contribution in [2.45, 2.75) is 13.0 Å². The Balaban J connectivity index is 2.50. The van der Waals surface area contributed by atoms with Crippen LogP contribution in [0.25, 0.3) is 0 Å². The summed E-state index contributed by atoms with van der Waals surface area (Å²) in [5.41, 5.74) is 7.27. The Morgan fingerprint density at radius 2 is 1.57 bits per heavy atom. The molecule has 0 bridgehead atoms. The first-order chi connectivity index (χ1) is 10.0. The van der Waals surface area contributed by atoms with Crippen molar-refractivity contribution >= 4 is 27.3 Å². The second-order valence-corrected chi connectivity index (χ2v) is 6.62. The summed E-state index contributed by atoms with van der Waals surface area (Å²) < 4.78 is 17.2. The van der Waals surface area contributed by atoms with Gasteiger partial charge in [-0.25, -0.2) is 0 Å². The minimum Gasteiger partial charge on any atom is -0.496 e. The number of ether oxygens (including phenoxy) is 3. The topological polar surface area (TPSA) is 53.7 Å². The summed E-state index contributed by atoms with van der Waals surface area (Å²) >= 11 is 5.18. The largest absolute Gasteiger partial charge is 0.496 e. The summed E-state index contributed by atoms with van der Waals surface area (Å²) in [4.78, 5) is 2.25. The van der Waals surface area contributed by atoms with Crippen LogP contribution in [0.2, 0.25) is 0 Å². The molecule has 6 heteroatoms. The molecule has 114 valence electrons. The zero-order chi connectivity index (χ0) is 15.6. The van der Waals surface area contributed by atoms with Crippen molar-refractivity contribution in [2.24, 2.45) is 5.73 Å². The first-order valence-electron chi connectivity index (χ1n) is 6.33. The molecule has 1 heterocycles. The van der Waals surface area contributed by atoms with E-state index in [9.17, 15) is 0 Å². The van der Waals surface area contributed by atoms with E-state index in [1.54, 1.807) is 38.7 Å². The first-order valence-corrected chi connectivity index (χ1v) is 7.94. The molecule has 1 aromatic carbocycles. The van der Waals surface area contributed by atoms with Gasteiger partial charge in [0.1, 0.15) is 5.75 Å². The van der Waals surface area contributed by atoms with Crippen LogP contribution in [0.5, 0.6) is 17.2 Å². The normalized spacial score (nSPS) is 12.1. The Bertz CT molecular complexity index is 623. The van der Waals surface area contributed by atoms with Crippen molar-refractivity contribution in [3.8, 4) is 17.2 Å². The quantitative estimate of drug-likeness (QED) is 0.865. The molecule has 0 saturated carbocycles. The lowest BCUT2D eigenvalue weighted by Crippen LogP contribution is -2.12. The molecule has 0 aliphatic heterocycles. The summed E-state index contributed by atoms with van der Waals surface area (Å²) in [6.07, 6.45) is 0. The molecule has 0 spiro atoms. The standard InChI is InChI=1S/C15H18BrNO3S/c1-8-10(16)6-14(21-8)15(17)9-5-12(19-3)13(20-4)7-11(9)18-2/h5-7,15H,17H2,1-4H3. The third kappa shape index (κ3) is 3.17. The minimum absolute atomic E-state index is 0.283. The average Bonchev–Trinajstić information content (AvgIpc) is 2.84. The summed E-state index contributed by atoms with van der Waals surface area (Å²) in [5, 5.41) is 0. The monoisotopic (exact) mass is 371 g/mol. The van der Waals surface area contributed by atoms with E-state index in [1.807, 2.05) is 12.1 Å². The van der Waals surface area contributed by atoms with Crippen LogP contribution in [0.15, 0.2) is 22.7 Å². The smallest absolute Gasteiger partial charge is 0.164 e. The zero-order valence-corrected chi connectivity index (χ0v) is 14.8. The van der Waals surface area contributed by atoms with Crippen LogP contribution in [0, 0.1) is 6.92 Å². The molecule has 2 N–H and O–H groups in total. The van der Waals surface area contributed by atoms with Crippen molar-refractivity contribution < 1.29 is 14.2 Å². The highest BCUT2D eigenvalue weighted by atomic mass is 79.9. The van der Waals surface area contributed by atoms with E-state index < -0.39 is 0 Å². The highest BCUT2D eigenvalue weighted by molar-refractivity contribution is 9.10. The Morgan fingerprint density at radius 1 is 1.00 bits per heavy atom. The number of halogens is 1. The van der Waals surface area contributed by atoms with E-state index >= 15 is 0 Å². The lowest BCUT2D eigenvalue weighted by atomic mass is 10.0. The number of methoxy groups -OCH3 is 3. The predicted molar refractivity (Wildman–Crippen MR) is 88.9 cm³/mol. The molecule has 0 amide bonds. The fourth-order valence-corrected chi connectivity index (χ4v) is 3.67. The summed E-state index contributed by atoms with van der Waals surface area (Å²) in [6.45, 7) is 2.05. The summed E-state index contributed by atoms with van der Waals surface area (Å²) in [7, 11) is 4.81. The Labute approximate surface area is 137 Å². The molecule has 1 unspecified atom stereocenters. The van der Waals surface area contributed by atoms with Gasteiger partial charge in [-0.05, 0) is 35.0 Å². The number of thiophene rings is 1. The third-order valence-corrected chi connectivity index (χ3v) is 5.47. The van der Waals surface area contributed by atoms with Gasteiger partial charge in [0.25, 0.3) is 0 Å². The van der Waals surface area contributed by atoms with E-state index in [1.165, 1.54) is 4.88 Å². The minimum atomic E-state index is -0.283. The molecule has 0 aliphatic carbocycles. The van der Waals surface area contributed by atoms with Crippen molar-refractivity contribution in [1.29, 1.82) is 0 Å². The molecule has 0 saturated heterocycles. The van der Waals surface area contributed by atoms with Gasteiger partial charge < -0.3 is 19.9 Å². The second-order valence-electron chi connectivity index (χ2n) is 4.48. The van der Waals surface area contributed by atoms with Crippen LogP contribution in [0.3, 0.4) is 0 Å². The van der Waals surface area contributed by atoms with E-state index in [-0.39, 0.29) is 6.04 Å². The lowest BCUT2D eigenvalue weighted by molar-refractivity contribution is 0.347. The molecular formula is C15H18BrNO3S. The fraction of sp³-hybridized carbons (Fsp3) is 0.333. The average molecular weight is 372 g/mol. The molecule has 1 aromatic heterocycles. The van der Waals surface area contributed by atoms with Crippen LogP contribution in [0.1, 0.15) is 21.4 Å². The van der Waals surface area contributed by atoms with Gasteiger partial charge in [0.15, 0.2) is 11.5 Å². The molecule has 0 aliphatic rings. The van der Waals surface area contributed by atoms with Gasteiger partial charge >= 0.3 is 0 Å². The number of hydrogen-bond donors (Lipinski definition) is 1. The van der Waals surface area contributed by atoms with Crippen molar-refractivity contribution in [3.63, 3.8) is 0 Å². The van der Waals surface area contributed by atoms with E-state index in [2.05, 4.69) is 22.9 Å². The molecule has 21 heavy (non-hydrogen) atoms. The predicted octanol–water partition coefficient (Wildman–Crippen LogP) is 3.89. The zero-order valence-electron chi connectivity index (χ0n) is 12.4. The fourth-order valence-electron chi connectivity index (χ4n) is 2.08. The number of benzene rings is 1. The van der Waals surface area contributed by atoms with Gasteiger partial charge in [-0.2, -0.15) is 0 Å². The number of rotatable bonds is 5. The van der Waals surface area contributed by atoms with Crippen molar-refractivity contribution in [3.05, 3.63) is 38.0 Å². The maximum Gasteiger partial charge on any atom is 0.164 e. The van der Waals surface area contributed by atoms with Gasteiger partial charge in [-0.15, -0.1) is 11.3 Å². The molecular weight excluding hydrogens is 354 g/mol. The van der Waals surface area contributed by atoms with Gasteiger partial charge in [0, 0.05) is 25.9 Å². The maximum absolute atomic E-state index is 6.40. The summed E-state index contributed by atoms with van der Waals surface area (Å²) in [5.74, 6) is 1.94. The molecule has 0 radical (unpaired) electrons. The van der Waals surface area contributed by atoms with Gasteiger partial charge in [0.2, 0.25) is 0 Å². The Hall–Kier alpha value is -1.24. The molecule has 0 fully saturated rings. The highest BCUT2D eigenvalue weighted by Gasteiger charge is 2.20. The molecule has 2 rings (SSSR count). The third-order valence-electron chi connectivity index (χ3n) is 3.25. The molecule has 2 aromatic rings. The number of aryl methyl sites for hydroxylation is 1. The van der Waals surface area contributed by atoms with Crippen LogP contribution in [0.4, 0.5) is 0 Å². The second kappa shape index (κ2) is 6.68. The van der Waals surface area contributed by atoms with Crippen molar-refractivity contribution in [2.75, 3.05) is 21.3 Å². The number of nitrogens with two attached hydrogens (primary N) is 1. The Kier molecular flexibility index (Phi) is 5.13. The van der Waals surface area contributed by atoms with Crippen LogP contribution < -0.4 is 19.9 Å². The highest BCUT2D eigenvalue weighted by Crippen LogP contribution is 2.40. The van der Waals surface area contributed by atoms with E-state index in [0.717, 1.165) is 14.9 Å². The summed E-state index contributed by atoms with van der Waals surface area (Å²) in [6, 6.07) is 5.42. The number of hydrogen-bond acceptors (Lipinski definition) is 5. The van der Waals surface area contributed by atoms with Gasteiger partial charge in [0.05, 0.1) is 27.4 Å². The van der Waals surface area contributed by atoms with Crippen LogP contribution in [-0.2, 0) is 0 Å². The van der Waals surface area contributed by atoms with Crippen molar-refractivity contribution in [1.82, 2.24) is 0 Å². The van der Waals surface area contributed by atoms with Crippen LogP contribution in [-0.4, -0.2) is 21.3 Å².